The molecule has 1 aromatic carbocycles. The van der Waals surface area contributed by atoms with E-state index in [9.17, 15) is 18.0 Å². The molecule has 1 aromatic heterocycles. The molecule has 0 radical (unpaired) electrons. The molecular formula is C18H20F3N5O2. The van der Waals surface area contributed by atoms with Gasteiger partial charge in [-0.15, -0.1) is 0 Å². The smallest absolute Gasteiger partial charge is 0.416 e. The Balaban J connectivity index is 1.60. The van der Waals surface area contributed by atoms with E-state index in [-0.39, 0.29) is 6.10 Å². The summed E-state index contributed by atoms with van der Waals surface area (Å²) in [6, 6.07) is 5.70. The van der Waals surface area contributed by atoms with Crippen LogP contribution in [0.2, 0.25) is 0 Å². The average molecular weight is 395 g/mol. The molecule has 1 aliphatic heterocycles. The Morgan fingerprint density at radius 2 is 2.04 bits per heavy atom. The average Bonchev–Trinajstić information content (AvgIpc) is 3.10. The lowest BCUT2D eigenvalue weighted by molar-refractivity contribution is -0.137. The maximum atomic E-state index is 12.6. The molecule has 2 heterocycles. The summed E-state index contributed by atoms with van der Waals surface area (Å²) in [6.07, 6.45) is -2.31. The van der Waals surface area contributed by atoms with E-state index in [0.29, 0.717) is 37.0 Å². The van der Waals surface area contributed by atoms with Crippen LogP contribution in [0.4, 0.5) is 24.9 Å². The van der Waals surface area contributed by atoms with Crippen LogP contribution < -0.4 is 20.7 Å². The van der Waals surface area contributed by atoms with Crippen molar-refractivity contribution in [3.63, 3.8) is 0 Å². The zero-order valence-corrected chi connectivity index (χ0v) is 15.1. The lowest BCUT2D eigenvalue weighted by Gasteiger charge is -2.18. The number of hydrogen-bond acceptors (Lipinski definition) is 6. The van der Waals surface area contributed by atoms with Gasteiger partial charge in [0.1, 0.15) is 23.7 Å². The predicted molar refractivity (Wildman–Crippen MR) is 97.0 cm³/mol. The second-order valence-corrected chi connectivity index (χ2v) is 6.51. The van der Waals surface area contributed by atoms with Gasteiger partial charge in [0, 0.05) is 19.2 Å². The molecule has 1 amide bonds. The zero-order valence-electron chi connectivity index (χ0n) is 15.1. The Kier molecular flexibility index (Phi) is 5.57. The number of benzene rings is 1. The van der Waals surface area contributed by atoms with Crippen LogP contribution in [0.15, 0.2) is 36.5 Å². The Bertz CT molecular complexity index is 829. The van der Waals surface area contributed by atoms with E-state index in [1.54, 1.807) is 19.2 Å². The summed E-state index contributed by atoms with van der Waals surface area (Å²) in [7, 11) is 0. The fourth-order valence-corrected chi connectivity index (χ4v) is 2.80. The molecule has 3 rings (SSSR count). The van der Waals surface area contributed by atoms with E-state index < -0.39 is 23.7 Å². The van der Waals surface area contributed by atoms with Crippen LogP contribution in [0.25, 0.3) is 0 Å². The van der Waals surface area contributed by atoms with Crippen LogP contribution in [-0.4, -0.2) is 41.1 Å². The molecule has 2 atom stereocenters. The van der Waals surface area contributed by atoms with Crippen LogP contribution in [0.3, 0.4) is 0 Å². The number of nitrogens with zero attached hydrogens (tertiary/aromatic N) is 3. The molecule has 3 N–H and O–H groups in total. The van der Waals surface area contributed by atoms with Gasteiger partial charge in [-0.25, -0.2) is 4.98 Å². The molecule has 0 aliphatic carbocycles. The Morgan fingerprint density at radius 1 is 1.32 bits per heavy atom. The number of halogens is 3. The number of ether oxygens (including phenoxy) is 1. The fourth-order valence-electron chi connectivity index (χ4n) is 2.80. The zero-order chi connectivity index (χ0) is 20.3. The maximum Gasteiger partial charge on any atom is 0.416 e. The summed E-state index contributed by atoms with van der Waals surface area (Å²) in [6.45, 7) is 2.77. The number of nitrogens with one attached hydrogen (secondary N) is 1. The Morgan fingerprint density at radius 3 is 2.68 bits per heavy atom. The lowest BCUT2D eigenvalue weighted by atomic mass is 10.2. The Hall–Kier alpha value is -3.04. The molecule has 0 spiro atoms. The highest BCUT2D eigenvalue weighted by molar-refractivity contribution is 5.82. The molecule has 1 saturated heterocycles. The molecule has 7 nitrogen and oxygen atoms in total. The number of carbonyl (C=O) groups is 1. The summed E-state index contributed by atoms with van der Waals surface area (Å²) in [5.41, 5.74) is 4.52. The van der Waals surface area contributed by atoms with Gasteiger partial charge in [0.15, 0.2) is 0 Å². The first-order valence-electron chi connectivity index (χ1n) is 8.70. The summed E-state index contributed by atoms with van der Waals surface area (Å²) < 4.78 is 43.7. The van der Waals surface area contributed by atoms with Crippen LogP contribution in [0.5, 0.6) is 5.75 Å². The van der Waals surface area contributed by atoms with E-state index >= 15 is 0 Å². The van der Waals surface area contributed by atoms with E-state index in [4.69, 9.17) is 10.5 Å². The van der Waals surface area contributed by atoms with Gasteiger partial charge in [0.2, 0.25) is 11.9 Å². The van der Waals surface area contributed by atoms with Gasteiger partial charge in [0.25, 0.3) is 0 Å². The lowest BCUT2D eigenvalue weighted by Crippen LogP contribution is -2.33. The van der Waals surface area contributed by atoms with Crippen molar-refractivity contribution >= 4 is 17.7 Å². The minimum atomic E-state index is -4.37. The highest BCUT2D eigenvalue weighted by Gasteiger charge is 2.30. The number of rotatable bonds is 6. The second-order valence-electron chi connectivity index (χ2n) is 6.51. The number of carbonyl (C=O) groups excluding carboxylic acids is 1. The quantitative estimate of drug-likeness (QED) is 0.780. The number of primary amides is 1. The minimum Gasteiger partial charge on any atom is -0.489 e. The third-order valence-electron chi connectivity index (χ3n) is 4.35. The van der Waals surface area contributed by atoms with Crippen LogP contribution in [0.1, 0.15) is 18.9 Å². The summed E-state index contributed by atoms with van der Waals surface area (Å²) >= 11 is 0. The summed E-state index contributed by atoms with van der Waals surface area (Å²) in [5.74, 6) is 0.835. The predicted octanol–water partition coefficient (Wildman–Crippen LogP) is 2.44. The monoisotopic (exact) mass is 395 g/mol. The van der Waals surface area contributed by atoms with Crippen molar-refractivity contribution in [2.75, 3.05) is 23.3 Å². The molecule has 1 aliphatic rings. The van der Waals surface area contributed by atoms with Crippen molar-refractivity contribution in [2.24, 2.45) is 5.73 Å². The molecular weight excluding hydrogens is 375 g/mol. The van der Waals surface area contributed by atoms with Crippen molar-refractivity contribution in [3.05, 3.63) is 42.1 Å². The van der Waals surface area contributed by atoms with Gasteiger partial charge in [-0.05, 0) is 37.3 Å². The van der Waals surface area contributed by atoms with Gasteiger partial charge >= 0.3 is 6.18 Å². The number of hydrogen-bond donors (Lipinski definition) is 2. The van der Waals surface area contributed by atoms with Crippen molar-refractivity contribution in [3.8, 4) is 5.75 Å². The van der Waals surface area contributed by atoms with Crippen molar-refractivity contribution < 1.29 is 22.7 Å². The normalized spacial score (nSPS) is 18.0. The molecule has 1 fully saturated rings. The number of alkyl halides is 3. The SMILES string of the molecule is C[C@H](Nc1ccnc(N2CC[C@@H](Oc3ccc(C(F)(F)F)cc3)C2)n1)C(N)=O. The molecule has 0 bridgehead atoms. The van der Waals surface area contributed by atoms with E-state index in [2.05, 4.69) is 15.3 Å². The van der Waals surface area contributed by atoms with Gasteiger partial charge in [-0.2, -0.15) is 18.2 Å². The standard InChI is InChI=1S/C18H20F3N5O2/c1-11(16(22)27)24-15-6-8-23-17(25-15)26-9-7-14(10-26)28-13-4-2-12(3-5-13)18(19,20)21/h2-6,8,11,14H,7,9-10H2,1H3,(H2,22,27)(H,23,24,25)/t11-,14+/m0/s1. The van der Waals surface area contributed by atoms with Crippen molar-refractivity contribution in [2.45, 2.75) is 31.7 Å². The second kappa shape index (κ2) is 7.91. The van der Waals surface area contributed by atoms with Gasteiger partial charge in [-0.1, -0.05) is 0 Å². The maximum absolute atomic E-state index is 12.6. The van der Waals surface area contributed by atoms with E-state index in [0.717, 1.165) is 12.1 Å². The summed E-state index contributed by atoms with van der Waals surface area (Å²) in [4.78, 5) is 21.7. The highest BCUT2D eigenvalue weighted by atomic mass is 19.4. The minimum absolute atomic E-state index is 0.193. The van der Waals surface area contributed by atoms with Gasteiger partial charge < -0.3 is 20.7 Å². The summed E-state index contributed by atoms with van der Waals surface area (Å²) in [5, 5.41) is 2.90. The number of nitrogens with two attached hydrogens (primary N) is 1. The van der Waals surface area contributed by atoms with Gasteiger partial charge in [0.05, 0.1) is 12.1 Å². The van der Waals surface area contributed by atoms with Crippen molar-refractivity contribution in [1.82, 2.24) is 9.97 Å². The largest absolute Gasteiger partial charge is 0.489 e. The first-order valence-corrected chi connectivity index (χ1v) is 8.70. The molecule has 150 valence electrons. The number of anilines is 2. The van der Waals surface area contributed by atoms with Crippen LogP contribution >= 0.6 is 0 Å². The fraction of sp³-hybridized carbons (Fsp3) is 0.389. The number of aromatic nitrogens is 2. The third kappa shape index (κ3) is 4.81. The van der Waals surface area contributed by atoms with E-state index in [1.807, 2.05) is 4.90 Å². The molecule has 0 unspecified atom stereocenters. The van der Waals surface area contributed by atoms with Gasteiger partial charge in [-0.3, -0.25) is 4.79 Å². The van der Waals surface area contributed by atoms with Crippen LogP contribution in [0, 0.1) is 0 Å². The first kappa shape index (κ1) is 19.7. The number of amides is 1. The Labute approximate surface area is 159 Å². The highest BCUT2D eigenvalue weighted by Crippen LogP contribution is 2.31. The molecule has 10 heteroatoms. The molecule has 0 saturated carbocycles. The molecule has 28 heavy (non-hydrogen) atoms. The topological polar surface area (TPSA) is 93.4 Å². The third-order valence-corrected chi connectivity index (χ3v) is 4.35. The first-order chi connectivity index (χ1) is 13.2. The van der Waals surface area contributed by atoms with Crippen molar-refractivity contribution in [1.29, 1.82) is 0 Å². The van der Waals surface area contributed by atoms with E-state index in [1.165, 1.54) is 12.1 Å². The molecule has 2 aromatic rings. The van der Waals surface area contributed by atoms with Crippen LogP contribution in [-0.2, 0) is 11.0 Å².